The molecule has 4 heteroatoms. The van der Waals surface area contributed by atoms with E-state index >= 15 is 0 Å². The Balaban J connectivity index is 1.81. The van der Waals surface area contributed by atoms with Crippen LogP contribution in [0.2, 0.25) is 0 Å². The molecule has 2 N–H and O–H groups in total. The monoisotopic (exact) mass is 278 g/mol. The Morgan fingerprint density at radius 2 is 2.05 bits per heavy atom. The van der Waals surface area contributed by atoms with E-state index < -0.39 is 0 Å². The smallest absolute Gasteiger partial charge is 0.127 e. The molecule has 0 amide bonds. The standard InChI is InChI=1S/C16H23FN2O/c1-11(2)19-7-5-16(6-8-19)10-14(18)13-4-3-12(17)9-15(13)20-16/h3-4,9,11,14H,5-8,10,18H2,1-2H3. The third-order valence-corrected chi connectivity index (χ3v) is 4.73. The van der Waals surface area contributed by atoms with E-state index in [1.54, 1.807) is 6.07 Å². The third-order valence-electron chi connectivity index (χ3n) is 4.73. The van der Waals surface area contributed by atoms with Crippen LogP contribution in [-0.2, 0) is 0 Å². The second-order valence-corrected chi connectivity index (χ2v) is 6.41. The minimum atomic E-state index is -0.257. The molecule has 2 heterocycles. The minimum Gasteiger partial charge on any atom is -0.487 e. The normalized spacial score (nSPS) is 25.6. The Morgan fingerprint density at radius 1 is 1.35 bits per heavy atom. The van der Waals surface area contributed by atoms with Crippen molar-refractivity contribution in [1.82, 2.24) is 4.90 Å². The molecule has 0 saturated carbocycles. The van der Waals surface area contributed by atoms with Gasteiger partial charge in [-0.05, 0) is 32.8 Å². The first-order valence-corrected chi connectivity index (χ1v) is 7.47. The van der Waals surface area contributed by atoms with Gasteiger partial charge < -0.3 is 15.4 Å². The van der Waals surface area contributed by atoms with Crippen molar-refractivity contribution in [3.8, 4) is 5.75 Å². The van der Waals surface area contributed by atoms with Crippen LogP contribution in [0, 0.1) is 5.82 Å². The Hall–Kier alpha value is -1.13. The van der Waals surface area contributed by atoms with E-state index in [-0.39, 0.29) is 17.5 Å². The third kappa shape index (κ3) is 2.42. The van der Waals surface area contributed by atoms with Crippen LogP contribution in [0.5, 0.6) is 5.75 Å². The summed E-state index contributed by atoms with van der Waals surface area (Å²) >= 11 is 0. The van der Waals surface area contributed by atoms with Crippen LogP contribution in [0.1, 0.15) is 44.7 Å². The zero-order chi connectivity index (χ0) is 14.3. The summed E-state index contributed by atoms with van der Waals surface area (Å²) in [7, 11) is 0. The Kier molecular flexibility index (Phi) is 3.46. The molecule has 1 saturated heterocycles. The molecular weight excluding hydrogens is 255 g/mol. The average Bonchev–Trinajstić information content (AvgIpc) is 2.38. The minimum absolute atomic E-state index is 0.0510. The number of nitrogens with two attached hydrogens (primary N) is 1. The van der Waals surface area contributed by atoms with E-state index in [0.717, 1.165) is 37.9 Å². The Labute approximate surface area is 119 Å². The highest BCUT2D eigenvalue weighted by molar-refractivity contribution is 5.39. The van der Waals surface area contributed by atoms with Crippen molar-refractivity contribution in [1.29, 1.82) is 0 Å². The number of likely N-dealkylation sites (tertiary alicyclic amines) is 1. The van der Waals surface area contributed by atoms with Gasteiger partial charge in [0.15, 0.2) is 0 Å². The summed E-state index contributed by atoms with van der Waals surface area (Å²) in [6, 6.07) is 5.21. The maximum atomic E-state index is 13.4. The van der Waals surface area contributed by atoms with Crippen LogP contribution in [0.25, 0.3) is 0 Å². The van der Waals surface area contributed by atoms with Crippen LogP contribution in [0.3, 0.4) is 0 Å². The van der Waals surface area contributed by atoms with Gasteiger partial charge in [0.2, 0.25) is 0 Å². The van der Waals surface area contributed by atoms with Gasteiger partial charge >= 0.3 is 0 Å². The molecule has 3 rings (SSSR count). The van der Waals surface area contributed by atoms with Gasteiger partial charge in [-0.2, -0.15) is 0 Å². The van der Waals surface area contributed by atoms with Crippen molar-refractivity contribution in [2.45, 2.75) is 50.8 Å². The number of benzene rings is 1. The van der Waals surface area contributed by atoms with Crippen molar-refractivity contribution in [2.75, 3.05) is 13.1 Å². The molecule has 3 nitrogen and oxygen atoms in total. The predicted octanol–water partition coefficient (Wildman–Crippen LogP) is 2.85. The number of halogens is 1. The maximum absolute atomic E-state index is 13.4. The zero-order valence-electron chi connectivity index (χ0n) is 12.2. The summed E-state index contributed by atoms with van der Waals surface area (Å²) in [5, 5.41) is 0. The van der Waals surface area contributed by atoms with E-state index in [4.69, 9.17) is 10.5 Å². The van der Waals surface area contributed by atoms with Crippen LogP contribution in [0.4, 0.5) is 4.39 Å². The van der Waals surface area contributed by atoms with Crippen molar-refractivity contribution >= 4 is 0 Å². The second-order valence-electron chi connectivity index (χ2n) is 6.41. The average molecular weight is 278 g/mol. The van der Waals surface area contributed by atoms with Crippen LogP contribution in [-0.4, -0.2) is 29.6 Å². The Morgan fingerprint density at radius 3 is 2.70 bits per heavy atom. The second kappa shape index (κ2) is 5.01. The number of hydrogen-bond acceptors (Lipinski definition) is 3. The van der Waals surface area contributed by atoms with E-state index in [1.165, 1.54) is 12.1 Å². The van der Waals surface area contributed by atoms with Crippen molar-refractivity contribution in [2.24, 2.45) is 5.73 Å². The predicted molar refractivity (Wildman–Crippen MR) is 77.2 cm³/mol. The summed E-state index contributed by atoms with van der Waals surface area (Å²) in [6.07, 6.45) is 2.77. The number of nitrogens with zero attached hydrogens (tertiary/aromatic N) is 1. The molecule has 1 aromatic rings. The summed E-state index contributed by atoms with van der Waals surface area (Å²) in [5.41, 5.74) is 7.01. The molecule has 110 valence electrons. The molecule has 1 unspecified atom stereocenters. The topological polar surface area (TPSA) is 38.5 Å². The van der Waals surface area contributed by atoms with Crippen LogP contribution < -0.4 is 10.5 Å². The number of hydrogen-bond donors (Lipinski definition) is 1. The van der Waals surface area contributed by atoms with E-state index in [2.05, 4.69) is 18.7 Å². The Bertz CT molecular complexity index is 495. The van der Waals surface area contributed by atoms with Crippen molar-refractivity contribution in [3.63, 3.8) is 0 Å². The largest absolute Gasteiger partial charge is 0.487 e. The van der Waals surface area contributed by atoms with Gasteiger partial charge in [0, 0.05) is 43.2 Å². The van der Waals surface area contributed by atoms with E-state index in [1.807, 2.05) is 0 Å². The highest BCUT2D eigenvalue weighted by atomic mass is 19.1. The summed E-state index contributed by atoms with van der Waals surface area (Å²) in [4.78, 5) is 2.46. The quantitative estimate of drug-likeness (QED) is 0.858. The zero-order valence-corrected chi connectivity index (χ0v) is 12.2. The molecular formula is C16H23FN2O. The fraction of sp³-hybridized carbons (Fsp3) is 0.625. The van der Waals surface area contributed by atoms with Crippen LogP contribution >= 0.6 is 0 Å². The van der Waals surface area contributed by atoms with Crippen LogP contribution in [0.15, 0.2) is 18.2 Å². The van der Waals surface area contributed by atoms with Gasteiger partial charge in [-0.15, -0.1) is 0 Å². The summed E-state index contributed by atoms with van der Waals surface area (Å²) in [5.74, 6) is 0.384. The number of piperidine rings is 1. The number of rotatable bonds is 1. The highest BCUT2D eigenvalue weighted by Gasteiger charge is 2.42. The van der Waals surface area contributed by atoms with Gasteiger partial charge in [0.05, 0.1) is 0 Å². The van der Waals surface area contributed by atoms with Crippen molar-refractivity contribution < 1.29 is 9.13 Å². The van der Waals surface area contributed by atoms with Gasteiger partial charge in [-0.3, -0.25) is 0 Å². The first-order valence-electron chi connectivity index (χ1n) is 7.47. The molecule has 0 aromatic heterocycles. The molecule has 1 fully saturated rings. The van der Waals surface area contributed by atoms with E-state index in [9.17, 15) is 4.39 Å². The van der Waals surface area contributed by atoms with Crippen molar-refractivity contribution in [3.05, 3.63) is 29.6 Å². The molecule has 20 heavy (non-hydrogen) atoms. The molecule has 1 atom stereocenters. The van der Waals surface area contributed by atoms with Gasteiger partial charge in [0.25, 0.3) is 0 Å². The lowest BCUT2D eigenvalue weighted by Gasteiger charge is -2.47. The maximum Gasteiger partial charge on any atom is 0.127 e. The lowest BCUT2D eigenvalue weighted by molar-refractivity contribution is -0.0281. The van der Waals surface area contributed by atoms with Gasteiger partial charge in [0.1, 0.15) is 17.2 Å². The molecule has 0 radical (unpaired) electrons. The first-order chi connectivity index (χ1) is 9.49. The highest BCUT2D eigenvalue weighted by Crippen LogP contribution is 2.43. The van der Waals surface area contributed by atoms with Gasteiger partial charge in [-0.1, -0.05) is 6.07 Å². The summed E-state index contributed by atoms with van der Waals surface area (Å²) < 4.78 is 19.6. The molecule has 2 aliphatic heterocycles. The summed E-state index contributed by atoms with van der Waals surface area (Å²) in [6.45, 7) is 6.48. The van der Waals surface area contributed by atoms with Gasteiger partial charge in [-0.25, -0.2) is 4.39 Å². The van der Waals surface area contributed by atoms with E-state index in [0.29, 0.717) is 11.8 Å². The molecule has 0 aliphatic carbocycles. The number of fused-ring (bicyclic) bond motifs is 1. The number of ether oxygens (including phenoxy) is 1. The molecule has 2 aliphatic rings. The molecule has 0 bridgehead atoms. The molecule has 1 spiro atoms. The lowest BCUT2D eigenvalue weighted by Crippen LogP contribution is -2.52. The fourth-order valence-corrected chi connectivity index (χ4v) is 3.44. The fourth-order valence-electron chi connectivity index (χ4n) is 3.44. The lowest BCUT2D eigenvalue weighted by atomic mass is 9.80. The first kappa shape index (κ1) is 13.8. The SMILES string of the molecule is CC(C)N1CCC2(CC1)CC(N)c1ccc(F)cc1O2. The molecule has 1 aromatic carbocycles.